The quantitative estimate of drug-likeness (QED) is 0.528. The predicted molar refractivity (Wildman–Crippen MR) is 88.8 cm³/mol. The van der Waals surface area contributed by atoms with Crippen LogP contribution < -0.4 is 0 Å². The fourth-order valence-corrected chi connectivity index (χ4v) is 2.29. The molecule has 22 heavy (non-hydrogen) atoms. The molecule has 5 heteroatoms. The van der Waals surface area contributed by atoms with E-state index in [1.54, 1.807) is 0 Å². The summed E-state index contributed by atoms with van der Waals surface area (Å²) in [4.78, 5) is 4.40. The van der Waals surface area contributed by atoms with Gasteiger partial charge in [-0.15, -0.1) is 0 Å². The zero-order valence-electron chi connectivity index (χ0n) is 13.7. The summed E-state index contributed by atoms with van der Waals surface area (Å²) in [6.45, 7) is 8.64. The van der Waals surface area contributed by atoms with Crippen LogP contribution in [0.15, 0.2) is 30.3 Å². The average Bonchev–Trinajstić information content (AvgIpc) is 2.55. The second kappa shape index (κ2) is 12.6. The largest absolute Gasteiger partial charge is 0.395 e. The number of hydrogen-bond acceptors (Lipinski definition) is 5. The normalized spacial score (nSPS) is 11.5. The summed E-state index contributed by atoms with van der Waals surface area (Å²) in [5, 5.41) is 18.0. The molecule has 1 rings (SSSR count). The summed E-state index contributed by atoms with van der Waals surface area (Å²) in [6.07, 6.45) is 0. The van der Waals surface area contributed by atoms with Crippen LogP contribution in [0.2, 0.25) is 0 Å². The fourth-order valence-electron chi connectivity index (χ4n) is 2.29. The van der Waals surface area contributed by atoms with Crippen molar-refractivity contribution in [2.24, 2.45) is 0 Å². The molecule has 0 aliphatic heterocycles. The van der Waals surface area contributed by atoms with Gasteiger partial charge in [0.15, 0.2) is 0 Å². The average molecular weight is 310 g/mol. The third-order valence-electron chi connectivity index (χ3n) is 3.68. The minimum atomic E-state index is 0.131. The van der Waals surface area contributed by atoms with E-state index in [1.165, 1.54) is 5.56 Å². The molecule has 5 nitrogen and oxygen atoms in total. The van der Waals surface area contributed by atoms with Gasteiger partial charge in [-0.3, -0.25) is 4.90 Å². The van der Waals surface area contributed by atoms with Crippen molar-refractivity contribution in [2.75, 3.05) is 59.1 Å². The number of ether oxygens (including phenoxy) is 1. The number of nitrogens with zero attached hydrogens (tertiary/aromatic N) is 2. The summed E-state index contributed by atoms with van der Waals surface area (Å²) < 4.78 is 5.72. The summed E-state index contributed by atoms with van der Waals surface area (Å²) in [6, 6.07) is 10.2. The van der Waals surface area contributed by atoms with Crippen molar-refractivity contribution in [3.63, 3.8) is 0 Å². The first-order chi connectivity index (χ1) is 10.8. The van der Waals surface area contributed by atoms with Gasteiger partial charge in [-0.2, -0.15) is 0 Å². The molecule has 0 heterocycles. The first-order valence-electron chi connectivity index (χ1n) is 8.08. The summed E-state index contributed by atoms with van der Waals surface area (Å²) in [5.41, 5.74) is 1.20. The second-order valence-electron chi connectivity index (χ2n) is 5.26. The highest BCUT2D eigenvalue weighted by atomic mass is 16.5. The summed E-state index contributed by atoms with van der Waals surface area (Å²) >= 11 is 0. The van der Waals surface area contributed by atoms with Gasteiger partial charge in [-0.25, -0.2) is 0 Å². The Hall–Kier alpha value is -0.980. The maximum atomic E-state index is 9.01. The molecule has 0 radical (unpaired) electrons. The number of rotatable bonds is 13. The maximum Gasteiger partial charge on any atom is 0.0717 e. The molecule has 0 aromatic heterocycles. The molecule has 0 fully saturated rings. The van der Waals surface area contributed by atoms with Gasteiger partial charge in [0, 0.05) is 32.7 Å². The molecule has 0 atom stereocenters. The zero-order chi connectivity index (χ0) is 16.0. The summed E-state index contributed by atoms with van der Waals surface area (Å²) in [5.74, 6) is 0. The van der Waals surface area contributed by atoms with Crippen LogP contribution in [0.3, 0.4) is 0 Å². The van der Waals surface area contributed by atoms with E-state index in [0.29, 0.717) is 26.3 Å². The first kappa shape index (κ1) is 19.1. The van der Waals surface area contributed by atoms with Crippen molar-refractivity contribution >= 4 is 0 Å². The lowest BCUT2D eigenvalue weighted by molar-refractivity contribution is 0.0864. The van der Waals surface area contributed by atoms with Crippen molar-refractivity contribution in [1.29, 1.82) is 0 Å². The van der Waals surface area contributed by atoms with Gasteiger partial charge in [-0.1, -0.05) is 37.3 Å². The van der Waals surface area contributed by atoms with Crippen LogP contribution >= 0.6 is 0 Å². The molecule has 0 bridgehead atoms. The van der Waals surface area contributed by atoms with E-state index in [-0.39, 0.29) is 13.2 Å². The highest BCUT2D eigenvalue weighted by Gasteiger charge is 2.07. The third kappa shape index (κ3) is 8.46. The minimum absolute atomic E-state index is 0.131. The molecule has 126 valence electrons. The molecule has 0 amide bonds. The molecule has 0 aliphatic rings. The standard InChI is InChI=1S/C17H30N2O3/c1-2-18(8-9-19(10-13-20)11-14-21)12-15-22-16-17-6-4-3-5-7-17/h3-7,20-21H,2,8-16H2,1H3. The van der Waals surface area contributed by atoms with Crippen molar-refractivity contribution in [3.05, 3.63) is 35.9 Å². The van der Waals surface area contributed by atoms with Crippen molar-refractivity contribution in [2.45, 2.75) is 13.5 Å². The van der Waals surface area contributed by atoms with Gasteiger partial charge in [0.25, 0.3) is 0 Å². The van der Waals surface area contributed by atoms with Gasteiger partial charge < -0.3 is 19.8 Å². The monoisotopic (exact) mass is 310 g/mol. The van der Waals surface area contributed by atoms with E-state index in [2.05, 4.69) is 28.9 Å². The van der Waals surface area contributed by atoms with E-state index in [0.717, 1.165) is 26.2 Å². The van der Waals surface area contributed by atoms with Crippen LogP contribution in [0, 0.1) is 0 Å². The SMILES string of the molecule is CCN(CCOCc1ccccc1)CCN(CCO)CCO. The smallest absolute Gasteiger partial charge is 0.0717 e. The highest BCUT2D eigenvalue weighted by molar-refractivity contribution is 5.13. The highest BCUT2D eigenvalue weighted by Crippen LogP contribution is 2.00. The van der Waals surface area contributed by atoms with Crippen LogP contribution in [-0.4, -0.2) is 79.1 Å². The fraction of sp³-hybridized carbons (Fsp3) is 0.647. The van der Waals surface area contributed by atoms with Crippen LogP contribution in [0.5, 0.6) is 0 Å². The minimum Gasteiger partial charge on any atom is -0.395 e. The lowest BCUT2D eigenvalue weighted by Gasteiger charge is -2.26. The van der Waals surface area contributed by atoms with E-state index < -0.39 is 0 Å². The van der Waals surface area contributed by atoms with Crippen molar-refractivity contribution in [3.8, 4) is 0 Å². The van der Waals surface area contributed by atoms with E-state index in [4.69, 9.17) is 14.9 Å². The molecule has 0 spiro atoms. The molecule has 2 N–H and O–H groups in total. The number of hydrogen-bond donors (Lipinski definition) is 2. The van der Waals surface area contributed by atoms with Gasteiger partial charge in [-0.05, 0) is 12.1 Å². The van der Waals surface area contributed by atoms with Crippen LogP contribution in [0.25, 0.3) is 0 Å². The maximum absolute atomic E-state index is 9.01. The molecular formula is C17H30N2O3. The van der Waals surface area contributed by atoms with E-state index >= 15 is 0 Å². The molecule has 0 aliphatic carbocycles. The molecule has 0 unspecified atom stereocenters. The first-order valence-corrected chi connectivity index (χ1v) is 8.08. The lowest BCUT2D eigenvalue weighted by Crippen LogP contribution is -2.39. The van der Waals surface area contributed by atoms with Crippen LogP contribution in [0.1, 0.15) is 12.5 Å². The van der Waals surface area contributed by atoms with Gasteiger partial charge in [0.05, 0.1) is 26.4 Å². The zero-order valence-corrected chi connectivity index (χ0v) is 13.7. The topological polar surface area (TPSA) is 56.2 Å². The molecule has 0 saturated heterocycles. The number of aliphatic hydroxyl groups is 2. The van der Waals surface area contributed by atoms with Gasteiger partial charge >= 0.3 is 0 Å². The Morgan fingerprint density at radius 1 is 0.864 bits per heavy atom. The predicted octanol–water partition coefficient (Wildman–Crippen LogP) is 0.812. The van der Waals surface area contributed by atoms with E-state index in [1.807, 2.05) is 18.2 Å². The lowest BCUT2D eigenvalue weighted by atomic mass is 10.2. The third-order valence-corrected chi connectivity index (χ3v) is 3.68. The van der Waals surface area contributed by atoms with Gasteiger partial charge in [0.1, 0.15) is 0 Å². The molecular weight excluding hydrogens is 280 g/mol. The number of likely N-dealkylation sites (N-methyl/N-ethyl adjacent to an activating group) is 1. The number of aliphatic hydroxyl groups excluding tert-OH is 2. The van der Waals surface area contributed by atoms with Crippen LogP contribution in [0.4, 0.5) is 0 Å². The summed E-state index contributed by atoms with van der Waals surface area (Å²) in [7, 11) is 0. The Bertz CT molecular complexity index is 356. The Kier molecular flexibility index (Phi) is 10.9. The molecule has 1 aromatic rings. The van der Waals surface area contributed by atoms with Gasteiger partial charge in [0.2, 0.25) is 0 Å². The van der Waals surface area contributed by atoms with E-state index in [9.17, 15) is 0 Å². The second-order valence-corrected chi connectivity index (χ2v) is 5.26. The Labute approximate surface area is 134 Å². The Morgan fingerprint density at radius 2 is 1.50 bits per heavy atom. The van der Waals surface area contributed by atoms with Crippen LogP contribution in [-0.2, 0) is 11.3 Å². The Balaban J connectivity index is 2.18. The molecule has 1 aromatic carbocycles. The Morgan fingerprint density at radius 3 is 2.09 bits per heavy atom. The molecule has 0 saturated carbocycles. The number of benzene rings is 1. The van der Waals surface area contributed by atoms with Crippen molar-refractivity contribution < 1.29 is 14.9 Å². The van der Waals surface area contributed by atoms with Crippen molar-refractivity contribution in [1.82, 2.24) is 9.80 Å².